The van der Waals surface area contributed by atoms with Crippen LogP contribution in [-0.4, -0.2) is 24.9 Å². The lowest BCUT2D eigenvalue weighted by Crippen LogP contribution is -2.00. The Bertz CT molecular complexity index is 536. The highest BCUT2D eigenvalue weighted by atomic mass is 16.5. The molecule has 0 saturated carbocycles. The largest absolute Gasteiger partial charge is 0.497 e. The van der Waals surface area contributed by atoms with Crippen molar-refractivity contribution in [2.24, 2.45) is 5.92 Å². The van der Waals surface area contributed by atoms with Crippen LogP contribution in [0.4, 0.5) is 0 Å². The van der Waals surface area contributed by atoms with E-state index in [2.05, 4.69) is 17.9 Å². The molecule has 0 fully saturated rings. The van der Waals surface area contributed by atoms with Gasteiger partial charge in [0.15, 0.2) is 0 Å². The SMILES string of the molecule is COc1ccc(COCCCCC#CC[C@H]2C=C[C@@H](O)C2)cc1. The topological polar surface area (TPSA) is 38.7 Å². The summed E-state index contributed by atoms with van der Waals surface area (Å²) in [7, 11) is 1.67. The van der Waals surface area contributed by atoms with E-state index in [-0.39, 0.29) is 6.10 Å². The number of ether oxygens (including phenoxy) is 2. The fourth-order valence-electron chi connectivity index (χ4n) is 2.53. The molecule has 1 aromatic rings. The van der Waals surface area contributed by atoms with Gasteiger partial charge in [-0.1, -0.05) is 24.3 Å². The number of aliphatic hydroxyl groups is 1. The molecule has 2 atom stereocenters. The van der Waals surface area contributed by atoms with Crippen LogP contribution in [0.15, 0.2) is 36.4 Å². The van der Waals surface area contributed by atoms with E-state index in [9.17, 15) is 5.11 Å². The number of hydrogen-bond donors (Lipinski definition) is 1. The molecule has 1 aromatic carbocycles. The van der Waals surface area contributed by atoms with Crippen LogP contribution in [0.1, 0.15) is 37.7 Å². The zero-order valence-electron chi connectivity index (χ0n) is 13.8. The Morgan fingerprint density at radius 1 is 1.13 bits per heavy atom. The minimum atomic E-state index is -0.260. The molecule has 0 aromatic heterocycles. The van der Waals surface area contributed by atoms with Gasteiger partial charge in [0, 0.05) is 19.4 Å². The lowest BCUT2D eigenvalue weighted by atomic mass is 10.1. The molecule has 3 nitrogen and oxygen atoms in total. The predicted octanol–water partition coefficient (Wildman–Crippen LogP) is 3.71. The van der Waals surface area contributed by atoms with Gasteiger partial charge in [-0.25, -0.2) is 0 Å². The van der Waals surface area contributed by atoms with Crippen LogP contribution >= 0.6 is 0 Å². The third-order valence-electron chi connectivity index (χ3n) is 3.91. The molecular formula is C20H26O3. The zero-order valence-corrected chi connectivity index (χ0v) is 13.8. The minimum absolute atomic E-state index is 0.260. The Balaban J connectivity index is 1.47. The van der Waals surface area contributed by atoms with Gasteiger partial charge >= 0.3 is 0 Å². The number of aliphatic hydroxyl groups excluding tert-OH is 1. The van der Waals surface area contributed by atoms with Gasteiger partial charge in [0.2, 0.25) is 0 Å². The summed E-state index contributed by atoms with van der Waals surface area (Å²) in [4.78, 5) is 0. The third kappa shape index (κ3) is 6.90. The third-order valence-corrected chi connectivity index (χ3v) is 3.91. The number of unbranched alkanes of at least 4 members (excludes halogenated alkanes) is 2. The Kier molecular flexibility index (Phi) is 7.72. The standard InChI is InChI=1S/C20H26O3/c1-22-20-12-9-18(10-13-20)16-23-14-6-4-2-3-5-7-17-8-11-19(21)15-17/h8-13,17,19,21H,2,4,6-7,14-16H2,1H3/t17-,19+/m0/s1. The fourth-order valence-corrected chi connectivity index (χ4v) is 2.53. The van der Waals surface area contributed by atoms with Gasteiger partial charge in [-0.2, -0.15) is 0 Å². The van der Waals surface area contributed by atoms with Gasteiger partial charge in [-0.3, -0.25) is 0 Å². The summed E-state index contributed by atoms with van der Waals surface area (Å²) < 4.78 is 10.8. The van der Waals surface area contributed by atoms with E-state index in [1.807, 2.05) is 30.3 Å². The lowest BCUT2D eigenvalue weighted by molar-refractivity contribution is 0.117. The Morgan fingerprint density at radius 2 is 1.96 bits per heavy atom. The molecule has 2 rings (SSSR count). The monoisotopic (exact) mass is 314 g/mol. The molecule has 0 spiro atoms. The summed E-state index contributed by atoms with van der Waals surface area (Å²) in [5.74, 6) is 7.73. The van der Waals surface area contributed by atoms with Crippen molar-refractivity contribution in [3.8, 4) is 17.6 Å². The van der Waals surface area contributed by atoms with Crippen molar-refractivity contribution in [3.63, 3.8) is 0 Å². The first kappa shape index (κ1) is 17.6. The van der Waals surface area contributed by atoms with Crippen molar-refractivity contribution in [2.45, 2.75) is 44.8 Å². The fraction of sp³-hybridized carbons (Fsp3) is 0.500. The average molecular weight is 314 g/mol. The highest BCUT2D eigenvalue weighted by molar-refractivity contribution is 5.26. The van der Waals surface area contributed by atoms with E-state index < -0.39 is 0 Å². The summed E-state index contributed by atoms with van der Waals surface area (Å²) in [6.07, 6.45) is 8.40. The number of methoxy groups -OCH3 is 1. The van der Waals surface area contributed by atoms with E-state index in [4.69, 9.17) is 9.47 Å². The summed E-state index contributed by atoms with van der Waals surface area (Å²) in [5.41, 5.74) is 1.16. The molecule has 0 aliphatic heterocycles. The molecule has 23 heavy (non-hydrogen) atoms. The number of rotatable bonds is 8. The quantitative estimate of drug-likeness (QED) is 0.451. The van der Waals surface area contributed by atoms with Crippen LogP contribution in [0, 0.1) is 17.8 Å². The van der Waals surface area contributed by atoms with Crippen molar-refractivity contribution in [1.82, 2.24) is 0 Å². The van der Waals surface area contributed by atoms with Gasteiger partial charge < -0.3 is 14.6 Å². The van der Waals surface area contributed by atoms with Crippen molar-refractivity contribution in [3.05, 3.63) is 42.0 Å². The molecule has 0 unspecified atom stereocenters. The van der Waals surface area contributed by atoms with E-state index in [0.29, 0.717) is 12.5 Å². The van der Waals surface area contributed by atoms with Crippen molar-refractivity contribution in [2.75, 3.05) is 13.7 Å². The second kappa shape index (κ2) is 10.1. The lowest BCUT2D eigenvalue weighted by Gasteiger charge is -2.05. The Hall–Kier alpha value is -1.76. The number of benzene rings is 1. The Labute approximate surface area is 139 Å². The minimum Gasteiger partial charge on any atom is -0.497 e. The maximum absolute atomic E-state index is 9.38. The van der Waals surface area contributed by atoms with Gasteiger partial charge in [-0.05, 0) is 42.9 Å². The highest BCUT2D eigenvalue weighted by Gasteiger charge is 2.14. The van der Waals surface area contributed by atoms with E-state index in [1.165, 1.54) is 0 Å². The molecule has 3 heteroatoms. The zero-order chi connectivity index (χ0) is 16.3. The van der Waals surface area contributed by atoms with Crippen LogP contribution in [0.2, 0.25) is 0 Å². The van der Waals surface area contributed by atoms with Crippen LogP contribution in [-0.2, 0) is 11.3 Å². The smallest absolute Gasteiger partial charge is 0.118 e. The first-order valence-electron chi connectivity index (χ1n) is 8.30. The second-order valence-corrected chi connectivity index (χ2v) is 5.86. The second-order valence-electron chi connectivity index (χ2n) is 5.86. The first-order chi connectivity index (χ1) is 11.3. The maximum atomic E-state index is 9.38. The Morgan fingerprint density at radius 3 is 2.65 bits per heavy atom. The molecular weight excluding hydrogens is 288 g/mol. The molecule has 0 amide bonds. The molecule has 0 saturated heterocycles. The van der Waals surface area contributed by atoms with Gasteiger partial charge in [0.1, 0.15) is 5.75 Å². The van der Waals surface area contributed by atoms with Gasteiger partial charge in [0.05, 0.1) is 19.8 Å². The van der Waals surface area contributed by atoms with Crippen molar-refractivity contribution >= 4 is 0 Å². The molecule has 1 aliphatic carbocycles. The summed E-state index contributed by atoms with van der Waals surface area (Å²) in [6.45, 7) is 1.41. The van der Waals surface area contributed by atoms with E-state index in [0.717, 1.165) is 50.0 Å². The predicted molar refractivity (Wildman–Crippen MR) is 92.1 cm³/mol. The van der Waals surface area contributed by atoms with Crippen molar-refractivity contribution in [1.29, 1.82) is 0 Å². The highest BCUT2D eigenvalue weighted by Crippen LogP contribution is 2.20. The average Bonchev–Trinajstić information content (AvgIpc) is 2.99. The van der Waals surface area contributed by atoms with Crippen LogP contribution < -0.4 is 4.74 Å². The maximum Gasteiger partial charge on any atom is 0.118 e. The molecule has 1 aliphatic rings. The van der Waals surface area contributed by atoms with E-state index in [1.54, 1.807) is 7.11 Å². The molecule has 0 heterocycles. The molecule has 124 valence electrons. The number of hydrogen-bond acceptors (Lipinski definition) is 3. The first-order valence-corrected chi connectivity index (χ1v) is 8.30. The van der Waals surface area contributed by atoms with Crippen molar-refractivity contribution < 1.29 is 14.6 Å². The molecule has 1 N–H and O–H groups in total. The number of allylic oxidation sites excluding steroid dienone is 1. The van der Waals surface area contributed by atoms with Gasteiger partial charge in [-0.15, -0.1) is 11.8 Å². The molecule has 0 bridgehead atoms. The van der Waals surface area contributed by atoms with Crippen LogP contribution in [0.3, 0.4) is 0 Å². The van der Waals surface area contributed by atoms with Crippen LogP contribution in [0.25, 0.3) is 0 Å². The van der Waals surface area contributed by atoms with E-state index >= 15 is 0 Å². The summed E-state index contributed by atoms with van der Waals surface area (Å²) >= 11 is 0. The molecule has 0 radical (unpaired) electrons. The van der Waals surface area contributed by atoms with Crippen LogP contribution in [0.5, 0.6) is 5.75 Å². The normalized spacial score (nSPS) is 19.4. The summed E-state index contributed by atoms with van der Waals surface area (Å²) in [5, 5.41) is 9.38. The van der Waals surface area contributed by atoms with Gasteiger partial charge in [0.25, 0.3) is 0 Å². The summed E-state index contributed by atoms with van der Waals surface area (Å²) in [6, 6.07) is 7.96.